The minimum Gasteiger partial charge on any atom is -0.399 e. The molecule has 2 fully saturated rings. The summed E-state index contributed by atoms with van der Waals surface area (Å²) < 4.78 is 0. The first-order valence-corrected chi connectivity index (χ1v) is 8.84. The van der Waals surface area contributed by atoms with Gasteiger partial charge < -0.3 is 16.0 Å². The van der Waals surface area contributed by atoms with Crippen LogP contribution in [0.4, 0.5) is 5.69 Å². The standard InChI is InChI=1S/C17H20N4OS/c18-13-3-1-12(2-4-13)15-8-19-17(23-15)16(22)20-14-7-11-5-6-21(9-11)10-14/h1-4,8,11,14H,5-7,9-10,18H2,(H,20,22)/t11-,14+/m0/s1. The number of carbonyl (C=O) groups is 1. The first-order valence-electron chi connectivity index (χ1n) is 8.02. The molecule has 1 aromatic carbocycles. The van der Waals surface area contributed by atoms with E-state index in [4.69, 9.17) is 5.73 Å². The quantitative estimate of drug-likeness (QED) is 0.848. The SMILES string of the molecule is Nc1ccc(-c2cnc(C(=O)N[C@@H]3C[C@@H]4CCN(C4)C3)s2)cc1. The van der Waals surface area contributed by atoms with Crippen LogP contribution in [-0.4, -0.2) is 41.5 Å². The highest BCUT2D eigenvalue weighted by molar-refractivity contribution is 7.16. The van der Waals surface area contributed by atoms with Gasteiger partial charge in [0.05, 0.1) is 4.88 Å². The molecule has 6 heteroatoms. The van der Waals surface area contributed by atoms with Gasteiger partial charge in [-0.15, -0.1) is 11.3 Å². The highest BCUT2D eigenvalue weighted by atomic mass is 32.1. The minimum atomic E-state index is -0.0517. The molecule has 2 aromatic rings. The van der Waals surface area contributed by atoms with E-state index in [2.05, 4.69) is 15.2 Å². The summed E-state index contributed by atoms with van der Waals surface area (Å²) in [6.07, 6.45) is 4.13. The van der Waals surface area contributed by atoms with E-state index in [0.29, 0.717) is 5.01 Å². The molecule has 0 aliphatic carbocycles. The van der Waals surface area contributed by atoms with Crippen molar-refractivity contribution in [2.45, 2.75) is 18.9 Å². The molecule has 3 heterocycles. The van der Waals surface area contributed by atoms with Gasteiger partial charge in [0, 0.05) is 31.0 Å². The lowest BCUT2D eigenvalue weighted by atomic mass is 9.97. The average Bonchev–Trinajstić information content (AvgIpc) is 3.15. The summed E-state index contributed by atoms with van der Waals surface area (Å²) in [5.41, 5.74) is 7.48. The number of nitrogens with one attached hydrogen (secondary N) is 1. The van der Waals surface area contributed by atoms with Crippen molar-refractivity contribution in [3.8, 4) is 10.4 Å². The number of hydrogen-bond acceptors (Lipinski definition) is 5. The second-order valence-electron chi connectivity index (χ2n) is 6.47. The topological polar surface area (TPSA) is 71.2 Å². The number of thiazole rings is 1. The molecule has 2 saturated heterocycles. The van der Waals surface area contributed by atoms with Crippen LogP contribution in [0.3, 0.4) is 0 Å². The molecule has 2 aliphatic rings. The van der Waals surface area contributed by atoms with Crippen LogP contribution in [0.15, 0.2) is 30.5 Å². The van der Waals surface area contributed by atoms with E-state index in [1.165, 1.54) is 30.8 Å². The van der Waals surface area contributed by atoms with Crippen LogP contribution < -0.4 is 11.1 Å². The Hall–Kier alpha value is -1.92. The summed E-state index contributed by atoms with van der Waals surface area (Å²) >= 11 is 1.43. The van der Waals surface area contributed by atoms with Gasteiger partial charge in [-0.2, -0.15) is 0 Å². The van der Waals surface area contributed by atoms with Gasteiger partial charge in [0.2, 0.25) is 0 Å². The molecular formula is C17H20N4OS. The van der Waals surface area contributed by atoms with Gasteiger partial charge in [-0.05, 0) is 43.0 Å². The Morgan fingerprint density at radius 3 is 2.91 bits per heavy atom. The highest BCUT2D eigenvalue weighted by Crippen LogP contribution is 2.28. The number of benzene rings is 1. The maximum atomic E-state index is 12.4. The van der Waals surface area contributed by atoms with Crippen LogP contribution in [0.5, 0.6) is 0 Å². The molecule has 0 spiro atoms. The number of piperidine rings is 1. The summed E-state index contributed by atoms with van der Waals surface area (Å²) in [7, 11) is 0. The maximum absolute atomic E-state index is 12.4. The number of nitrogens with two attached hydrogens (primary N) is 1. The predicted octanol–water partition coefficient (Wildman–Crippen LogP) is 2.22. The lowest BCUT2D eigenvalue weighted by Gasteiger charge is -2.30. The Labute approximate surface area is 139 Å². The Morgan fingerprint density at radius 1 is 1.30 bits per heavy atom. The monoisotopic (exact) mass is 328 g/mol. The van der Waals surface area contributed by atoms with Crippen LogP contribution in [0, 0.1) is 5.92 Å². The van der Waals surface area contributed by atoms with E-state index in [1.807, 2.05) is 24.3 Å². The maximum Gasteiger partial charge on any atom is 0.280 e. The number of nitrogens with zero attached hydrogens (tertiary/aromatic N) is 2. The van der Waals surface area contributed by atoms with Crippen LogP contribution in [0.1, 0.15) is 22.6 Å². The minimum absolute atomic E-state index is 0.0517. The summed E-state index contributed by atoms with van der Waals surface area (Å²) in [5.74, 6) is 0.694. The zero-order valence-corrected chi connectivity index (χ0v) is 13.7. The lowest BCUT2D eigenvalue weighted by Crippen LogP contribution is -2.46. The molecule has 1 amide bonds. The van der Waals surface area contributed by atoms with Gasteiger partial charge in [0.1, 0.15) is 0 Å². The largest absolute Gasteiger partial charge is 0.399 e. The summed E-state index contributed by atoms with van der Waals surface area (Å²) in [6.45, 7) is 3.35. The van der Waals surface area contributed by atoms with E-state index in [9.17, 15) is 4.79 Å². The van der Waals surface area contributed by atoms with Gasteiger partial charge in [-0.25, -0.2) is 4.98 Å². The number of amides is 1. The van der Waals surface area contributed by atoms with E-state index in [1.54, 1.807) is 6.20 Å². The third-order valence-corrected chi connectivity index (χ3v) is 5.74. The lowest BCUT2D eigenvalue weighted by molar-refractivity contribution is 0.0909. The number of aromatic nitrogens is 1. The molecule has 23 heavy (non-hydrogen) atoms. The number of fused-ring (bicyclic) bond motifs is 2. The average molecular weight is 328 g/mol. The van der Waals surface area contributed by atoms with Gasteiger partial charge >= 0.3 is 0 Å². The van der Waals surface area contributed by atoms with E-state index >= 15 is 0 Å². The molecule has 2 aliphatic heterocycles. The molecule has 1 aromatic heterocycles. The van der Waals surface area contributed by atoms with Crippen LogP contribution in [0.25, 0.3) is 10.4 Å². The number of carbonyl (C=O) groups excluding carboxylic acids is 1. The van der Waals surface area contributed by atoms with Gasteiger partial charge in [0.15, 0.2) is 5.01 Å². The van der Waals surface area contributed by atoms with Gasteiger partial charge in [-0.1, -0.05) is 12.1 Å². The van der Waals surface area contributed by atoms with Gasteiger partial charge in [-0.3, -0.25) is 4.79 Å². The molecule has 4 rings (SSSR count). The second kappa shape index (κ2) is 5.94. The zero-order chi connectivity index (χ0) is 15.8. The van der Waals surface area contributed by atoms with Crippen molar-refractivity contribution >= 4 is 22.9 Å². The van der Waals surface area contributed by atoms with Crippen molar-refractivity contribution in [3.05, 3.63) is 35.5 Å². The fourth-order valence-corrected chi connectivity index (χ4v) is 4.40. The summed E-state index contributed by atoms with van der Waals surface area (Å²) in [5, 5.41) is 3.69. The van der Waals surface area contributed by atoms with Gasteiger partial charge in [0.25, 0.3) is 5.91 Å². The number of rotatable bonds is 3. The number of nitrogen functional groups attached to an aromatic ring is 1. The third-order valence-electron chi connectivity index (χ3n) is 4.70. The van der Waals surface area contributed by atoms with Crippen LogP contribution in [0.2, 0.25) is 0 Å². The molecule has 120 valence electrons. The fraction of sp³-hybridized carbons (Fsp3) is 0.412. The van der Waals surface area contributed by atoms with E-state index < -0.39 is 0 Å². The molecule has 1 unspecified atom stereocenters. The molecule has 3 N–H and O–H groups in total. The molecule has 2 bridgehead atoms. The van der Waals surface area contributed by atoms with Crippen molar-refractivity contribution in [1.29, 1.82) is 0 Å². The van der Waals surface area contributed by atoms with Crippen LogP contribution >= 0.6 is 11.3 Å². The molecular weight excluding hydrogens is 308 g/mol. The zero-order valence-electron chi connectivity index (χ0n) is 12.9. The Morgan fingerprint density at radius 2 is 2.13 bits per heavy atom. The summed E-state index contributed by atoms with van der Waals surface area (Å²) in [4.78, 5) is 20.2. The van der Waals surface area contributed by atoms with Crippen molar-refractivity contribution in [3.63, 3.8) is 0 Å². The normalized spacial score (nSPS) is 26.2. The number of anilines is 1. The molecule has 5 nitrogen and oxygen atoms in total. The van der Waals surface area contributed by atoms with Crippen LogP contribution in [-0.2, 0) is 0 Å². The second-order valence-corrected chi connectivity index (χ2v) is 7.50. The van der Waals surface area contributed by atoms with Crippen molar-refractivity contribution in [2.24, 2.45) is 5.92 Å². The Bertz CT molecular complexity index is 700. The molecule has 0 saturated carbocycles. The molecule has 3 atom stereocenters. The molecule has 0 radical (unpaired) electrons. The Balaban J connectivity index is 1.44. The van der Waals surface area contributed by atoms with Crippen molar-refractivity contribution in [2.75, 3.05) is 25.4 Å². The fourth-order valence-electron chi connectivity index (χ4n) is 3.57. The smallest absolute Gasteiger partial charge is 0.280 e. The Kier molecular flexibility index (Phi) is 3.79. The van der Waals surface area contributed by atoms with Crippen molar-refractivity contribution in [1.82, 2.24) is 15.2 Å². The van der Waals surface area contributed by atoms with E-state index in [-0.39, 0.29) is 11.9 Å². The first-order chi connectivity index (χ1) is 11.2. The first kappa shape index (κ1) is 14.7. The highest BCUT2D eigenvalue weighted by Gasteiger charge is 2.33. The van der Waals surface area contributed by atoms with Crippen molar-refractivity contribution < 1.29 is 4.79 Å². The van der Waals surface area contributed by atoms with E-state index in [0.717, 1.165) is 35.0 Å². The predicted molar refractivity (Wildman–Crippen MR) is 92.4 cm³/mol. The third kappa shape index (κ3) is 3.09. The number of hydrogen-bond donors (Lipinski definition) is 2. The summed E-state index contributed by atoms with van der Waals surface area (Å²) in [6, 6.07) is 7.89.